The number of hydrazine groups is 1. The molecule has 23 heavy (non-hydrogen) atoms. The Morgan fingerprint density at radius 1 is 1.13 bits per heavy atom. The van der Waals surface area contributed by atoms with Crippen LogP contribution in [0.2, 0.25) is 0 Å². The minimum atomic E-state index is -0.407. The van der Waals surface area contributed by atoms with Gasteiger partial charge in [-0.1, -0.05) is 24.6 Å². The number of benzene rings is 1. The lowest BCUT2D eigenvalue weighted by Crippen LogP contribution is -2.45. The topological polar surface area (TPSA) is 71.3 Å². The van der Waals surface area contributed by atoms with Gasteiger partial charge in [0.2, 0.25) is 5.91 Å². The van der Waals surface area contributed by atoms with Gasteiger partial charge in [0.15, 0.2) is 5.76 Å². The number of rotatable bonds is 2. The van der Waals surface area contributed by atoms with Crippen LogP contribution in [0.15, 0.2) is 28.7 Å². The largest absolute Gasteiger partial charge is 0.451 e. The summed E-state index contributed by atoms with van der Waals surface area (Å²) in [6, 6.07) is 7.51. The number of carbonyl (C=O) groups excluding carboxylic acids is 2. The van der Waals surface area contributed by atoms with Crippen molar-refractivity contribution in [2.75, 3.05) is 0 Å². The van der Waals surface area contributed by atoms with E-state index in [1.807, 2.05) is 31.2 Å². The van der Waals surface area contributed by atoms with Crippen LogP contribution in [-0.4, -0.2) is 11.8 Å². The predicted molar refractivity (Wildman–Crippen MR) is 85.5 cm³/mol. The Bertz CT molecular complexity index is 780. The Kier molecular flexibility index (Phi) is 3.36. The van der Waals surface area contributed by atoms with Crippen LogP contribution in [0, 0.1) is 24.7 Å². The molecule has 4 rings (SSSR count). The highest BCUT2D eigenvalue weighted by Gasteiger charge is 2.43. The number of hydrogen-bond acceptors (Lipinski definition) is 3. The quantitative estimate of drug-likeness (QED) is 0.838. The first-order chi connectivity index (χ1) is 11.1. The van der Waals surface area contributed by atoms with Crippen molar-refractivity contribution < 1.29 is 14.0 Å². The molecule has 0 saturated heterocycles. The van der Waals surface area contributed by atoms with Gasteiger partial charge in [-0.3, -0.25) is 20.4 Å². The minimum absolute atomic E-state index is 0.0471. The summed E-state index contributed by atoms with van der Waals surface area (Å²) in [7, 11) is 0. The number of carbonyl (C=O) groups is 2. The van der Waals surface area contributed by atoms with Gasteiger partial charge in [0.1, 0.15) is 5.58 Å². The summed E-state index contributed by atoms with van der Waals surface area (Å²) in [5.74, 6) is 1.01. The van der Waals surface area contributed by atoms with Crippen LogP contribution in [0.1, 0.15) is 41.8 Å². The van der Waals surface area contributed by atoms with Gasteiger partial charge >= 0.3 is 5.91 Å². The van der Waals surface area contributed by atoms with Gasteiger partial charge < -0.3 is 4.42 Å². The summed E-state index contributed by atoms with van der Waals surface area (Å²) in [6.07, 6.45) is 4.50. The molecule has 5 heteroatoms. The summed E-state index contributed by atoms with van der Waals surface area (Å²) in [5.41, 5.74) is 6.55. The van der Waals surface area contributed by atoms with E-state index in [1.54, 1.807) is 0 Å². The lowest BCUT2D eigenvalue weighted by atomic mass is 9.88. The van der Waals surface area contributed by atoms with Crippen LogP contribution in [0.5, 0.6) is 0 Å². The van der Waals surface area contributed by atoms with E-state index in [0.29, 0.717) is 17.4 Å². The normalized spacial score (nSPS) is 25.7. The molecule has 5 nitrogen and oxygen atoms in total. The number of amides is 2. The third-order valence-corrected chi connectivity index (χ3v) is 5.42. The van der Waals surface area contributed by atoms with Crippen LogP contribution in [0.4, 0.5) is 0 Å². The van der Waals surface area contributed by atoms with Gasteiger partial charge in [-0.2, -0.15) is 0 Å². The smallest absolute Gasteiger partial charge is 0.305 e. The molecular weight excluding hydrogens is 292 g/mol. The Hall–Kier alpha value is -2.30. The SMILES string of the molecule is Cc1c(C(=O)NNC(=O)C2CC3CCC2C3)oc2ccccc12. The van der Waals surface area contributed by atoms with E-state index >= 15 is 0 Å². The molecule has 2 aliphatic carbocycles. The standard InChI is InChI=1S/C18H20N2O3/c1-10-13-4-2-3-5-15(13)23-16(10)18(22)20-19-17(21)14-9-11-6-7-12(14)8-11/h2-5,11-12,14H,6-9H2,1H3,(H,19,21)(H,20,22). The maximum atomic E-state index is 12.3. The van der Waals surface area contributed by atoms with Crippen molar-refractivity contribution in [3.8, 4) is 0 Å². The Balaban J connectivity index is 1.43. The van der Waals surface area contributed by atoms with Gasteiger partial charge in [0, 0.05) is 16.9 Å². The average Bonchev–Trinajstić information content (AvgIpc) is 3.27. The molecule has 2 bridgehead atoms. The van der Waals surface area contributed by atoms with E-state index in [1.165, 1.54) is 6.42 Å². The molecule has 2 N–H and O–H groups in total. The number of furan rings is 1. The number of fused-ring (bicyclic) bond motifs is 3. The van der Waals surface area contributed by atoms with Gasteiger partial charge in [-0.25, -0.2) is 0 Å². The van der Waals surface area contributed by atoms with E-state index in [4.69, 9.17) is 4.42 Å². The molecule has 2 aromatic rings. The summed E-state index contributed by atoms with van der Waals surface area (Å²) in [5, 5.41) is 0.914. The zero-order valence-electron chi connectivity index (χ0n) is 13.1. The van der Waals surface area contributed by atoms with Crippen molar-refractivity contribution in [3.63, 3.8) is 0 Å². The van der Waals surface area contributed by atoms with Gasteiger partial charge in [0.05, 0.1) is 0 Å². The average molecular weight is 312 g/mol. The van der Waals surface area contributed by atoms with Crippen molar-refractivity contribution in [2.24, 2.45) is 17.8 Å². The Labute approximate surface area is 134 Å². The molecule has 3 atom stereocenters. The van der Waals surface area contributed by atoms with E-state index < -0.39 is 5.91 Å². The first-order valence-electron chi connectivity index (χ1n) is 8.22. The van der Waals surface area contributed by atoms with Crippen molar-refractivity contribution in [2.45, 2.75) is 32.6 Å². The molecule has 0 radical (unpaired) electrons. The van der Waals surface area contributed by atoms with E-state index in [2.05, 4.69) is 10.9 Å². The molecule has 0 spiro atoms. The zero-order valence-corrected chi connectivity index (χ0v) is 13.1. The molecule has 120 valence electrons. The van der Waals surface area contributed by atoms with Crippen LogP contribution in [0.25, 0.3) is 11.0 Å². The zero-order chi connectivity index (χ0) is 16.0. The highest BCUT2D eigenvalue weighted by molar-refractivity contribution is 5.99. The second-order valence-corrected chi connectivity index (χ2v) is 6.78. The van der Waals surface area contributed by atoms with Crippen molar-refractivity contribution in [3.05, 3.63) is 35.6 Å². The number of para-hydroxylation sites is 1. The molecule has 2 amide bonds. The van der Waals surface area contributed by atoms with Crippen LogP contribution in [0.3, 0.4) is 0 Å². The van der Waals surface area contributed by atoms with Gasteiger partial charge in [-0.05, 0) is 44.1 Å². The van der Waals surface area contributed by atoms with Crippen LogP contribution in [-0.2, 0) is 4.79 Å². The Morgan fingerprint density at radius 2 is 1.96 bits per heavy atom. The van der Waals surface area contributed by atoms with Crippen LogP contribution < -0.4 is 10.9 Å². The molecular formula is C18H20N2O3. The van der Waals surface area contributed by atoms with Crippen molar-refractivity contribution in [1.29, 1.82) is 0 Å². The number of nitrogens with one attached hydrogen (secondary N) is 2. The molecule has 1 aromatic heterocycles. The number of aryl methyl sites for hydroxylation is 1. The summed E-state index contributed by atoms with van der Waals surface area (Å²) in [6.45, 7) is 1.85. The van der Waals surface area contributed by atoms with E-state index in [-0.39, 0.29) is 17.6 Å². The van der Waals surface area contributed by atoms with E-state index in [0.717, 1.165) is 30.2 Å². The molecule has 1 aromatic carbocycles. The van der Waals surface area contributed by atoms with Crippen LogP contribution >= 0.6 is 0 Å². The first-order valence-corrected chi connectivity index (χ1v) is 8.22. The fourth-order valence-electron chi connectivity index (χ4n) is 4.22. The predicted octanol–water partition coefficient (Wildman–Crippen LogP) is 2.94. The molecule has 2 aliphatic rings. The van der Waals surface area contributed by atoms with E-state index in [9.17, 15) is 9.59 Å². The fraction of sp³-hybridized carbons (Fsp3) is 0.444. The Morgan fingerprint density at radius 3 is 2.65 bits per heavy atom. The third kappa shape index (κ3) is 2.40. The summed E-state index contributed by atoms with van der Waals surface area (Å²) in [4.78, 5) is 24.6. The lowest BCUT2D eigenvalue weighted by molar-refractivity contribution is -0.127. The maximum absolute atomic E-state index is 12.3. The van der Waals surface area contributed by atoms with Gasteiger partial charge in [-0.15, -0.1) is 0 Å². The first kappa shape index (κ1) is 14.3. The molecule has 2 fully saturated rings. The summed E-state index contributed by atoms with van der Waals surface area (Å²) < 4.78 is 5.60. The van der Waals surface area contributed by atoms with Crippen molar-refractivity contribution >= 4 is 22.8 Å². The number of hydrogen-bond donors (Lipinski definition) is 2. The molecule has 1 heterocycles. The third-order valence-electron chi connectivity index (χ3n) is 5.42. The second-order valence-electron chi connectivity index (χ2n) is 6.78. The lowest BCUT2D eigenvalue weighted by Gasteiger charge is -2.20. The second kappa shape index (κ2) is 5.41. The highest BCUT2D eigenvalue weighted by Crippen LogP contribution is 2.48. The highest BCUT2D eigenvalue weighted by atomic mass is 16.3. The molecule has 3 unspecified atom stereocenters. The fourth-order valence-corrected chi connectivity index (χ4v) is 4.22. The molecule has 2 saturated carbocycles. The minimum Gasteiger partial charge on any atom is -0.451 e. The monoisotopic (exact) mass is 312 g/mol. The van der Waals surface area contributed by atoms with Gasteiger partial charge in [0.25, 0.3) is 0 Å². The maximum Gasteiger partial charge on any atom is 0.305 e. The molecule has 0 aliphatic heterocycles. The summed E-state index contributed by atoms with van der Waals surface area (Å²) >= 11 is 0. The van der Waals surface area contributed by atoms with Crippen molar-refractivity contribution in [1.82, 2.24) is 10.9 Å².